The van der Waals surface area contributed by atoms with E-state index in [0.29, 0.717) is 12.3 Å². The first-order chi connectivity index (χ1) is 8.34. The van der Waals surface area contributed by atoms with E-state index in [2.05, 4.69) is 22.8 Å². The Morgan fingerprint density at radius 1 is 1.41 bits per heavy atom. The zero-order valence-electron chi connectivity index (χ0n) is 10.6. The first kappa shape index (κ1) is 12.6. The Labute approximate surface area is 104 Å². The predicted octanol–water partition coefficient (Wildman–Crippen LogP) is 1.85. The fraction of sp³-hybridized carbons (Fsp3) is 0.786. The van der Waals surface area contributed by atoms with Gasteiger partial charge in [-0.05, 0) is 57.0 Å². The average molecular weight is 236 g/mol. The zero-order valence-corrected chi connectivity index (χ0v) is 10.6. The number of nitrogens with one attached hydrogen (secondary N) is 2. The van der Waals surface area contributed by atoms with Crippen LogP contribution in [0.3, 0.4) is 0 Å². The van der Waals surface area contributed by atoms with Crippen LogP contribution in [0.5, 0.6) is 0 Å². The summed E-state index contributed by atoms with van der Waals surface area (Å²) in [5.41, 5.74) is 0. The third-order valence-corrected chi connectivity index (χ3v) is 3.83. The second-order valence-corrected chi connectivity index (χ2v) is 5.32. The lowest BCUT2D eigenvalue weighted by atomic mass is 9.96. The minimum atomic E-state index is 0.227. The van der Waals surface area contributed by atoms with Gasteiger partial charge in [0.2, 0.25) is 5.91 Å². The van der Waals surface area contributed by atoms with Gasteiger partial charge >= 0.3 is 0 Å². The Balaban J connectivity index is 1.54. The van der Waals surface area contributed by atoms with E-state index < -0.39 is 0 Å². The summed E-state index contributed by atoms with van der Waals surface area (Å²) < 4.78 is 0. The van der Waals surface area contributed by atoms with Crippen molar-refractivity contribution in [1.29, 1.82) is 0 Å². The molecule has 0 spiro atoms. The van der Waals surface area contributed by atoms with Gasteiger partial charge in [-0.25, -0.2) is 0 Å². The molecule has 0 bridgehead atoms. The van der Waals surface area contributed by atoms with Gasteiger partial charge in [-0.1, -0.05) is 12.2 Å². The van der Waals surface area contributed by atoms with Crippen LogP contribution >= 0.6 is 0 Å². The van der Waals surface area contributed by atoms with Crippen molar-refractivity contribution < 1.29 is 4.79 Å². The molecule has 0 saturated carbocycles. The van der Waals surface area contributed by atoms with Crippen molar-refractivity contribution in [1.82, 2.24) is 10.6 Å². The molecule has 1 aliphatic heterocycles. The van der Waals surface area contributed by atoms with Gasteiger partial charge in [-0.3, -0.25) is 4.79 Å². The Bertz CT molecular complexity index is 269. The number of hydrogen-bond donors (Lipinski definition) is 2. The largest absolute Gasteiger partial charge is 0.356 e. The van der Waals surface area contributed by atoms with Crippen molar-refractivity contribution in [3.05, 3.63) is 12.2 Å². The molecule has 3 nitrogen and oxygen atoms in total. The van der Waals surface area contributed by atoms with Gasteiger partial charge in [0, 0.05) is 13.0 Å². The Hall–Kier alpha value is -0.830. The van der Waals surface area contributed by atoms with E-state index in [1.165, 1.54) is 12.8 Å². The molecule has 3 heteroatoms. The lowest BCUT2D eigenvalue weighted by Crippen LogP contribution is -2.33. The Morgan fingerprint density at radius 3 is 3.06 bits per heavy atom. The molecule has 2 aliphatic rings. The molecule has 0 aromatic rings. The van der Waals surface area contributed by atoms with Crippen LogP contribution in [0.15, 0.2) is 12.2 Å². The first-order valence-electron chi connectivity index (χ1n) is 6.98. The number of carbonyl (C=O) groups excluding carboxylic acids is 1. The third kappa shape index (κ3) is 4.50. The second kappa shape index (κ2) is 6.80. The van der Waals surface area contributed by atoms with Crippen molar-refractivity contribution in [2.45, 2.75) is 38.5 Å². The summed E-state index contributed by atoms with van der Waals surface area (Å²) in [6.45, 7) is 3.14. The standard InChI is InChI=1S/C14H24N2O/c17-14(10-12-4-1-2-5-12)16-9-7-13-6-3-8-15-11-13/h1,4,12-13,15H,2-3,5-11H2,(H,16,17). The quantitative estimate of drug-likeness (QED) is 0.715. The highest BCUT2D eigenvalue weighted by atomic mass is 16.1. The van der Waals surface area contributed by atoms with E-state index in [-0.39, 0.29) is 5.91 Å². The van der Waals surface area contributed by atoms with Crippen LogP contribution in [0.25, 0.3) is 0 Å². The molecule has 1 heterocycles. The van der Waals surface area contributed by atoms with Crippen molar-refractivity contribution in [2.75, 3.05) is 19.6 Å². The van der Waals surface area contributed by atoms with Crippen LogP contribution in [0.1, 0.15) is 38.5 Å². The predicted molar refractivity (Wildman–Crippen MR) is 69.7 cm³/mol. The molecule has 1 aliphatic carbocycles. The van der Waals surface area contributed by atoms with Crippen LogP contribution in [0, 0.1) is 11.8 Å². The Morgan fingerprint density at radius 2 is 2.35 bits per heavy atom. The summed E-state index contributed by atoms with van der Waals surface area (Å²) in [4.78, 5) is 11.7. The SMILES string of the molecule is O=C(CC1C=CCC1)NCCC1CCCNC1. The Kier molecular flexibility index (Phi) is 5.05. The van der Waals surface area contributed by atoms with E-state index in [1.807, 2.05) is 0 Å². The fourth-order valence-electron chi connectivity index (χ4n) is 2.76. The topological polar surface area (TPSA) is 41.1 Å². The summed E-state index contributed by atoms with van der Waals surface area (Å²) in [5, 5.41) is 6.47. The molecule has 2 rings (SSSR count). The maximum absolute atomic E-state index is 11.7. The molecule has 1 amide bonds. The van der Waals surface area contributed by atoms with E-state index in [0.717, 1.165) is 44.8 Å². The number of carbonyl (C=O) groups is 1. The highest BCUT2D eigenvalue weighted by molar-refractivity contribution is 5.76. The van der Waals surface area contributed by atoms with Crippen molar-refractivity contribution in [3.8, 4) is 0 Å². The third-order valence-electron chi connectivity index (χ3n) is 3.83. The molecule has 2 unspecified atom stereocenters. The lowest BCUT2D eigenvalue weighted by Gasteiger charge is -2.22. The van der Waals surface area contributed by atoms with Crippen LogP contribution in [-0.2, 0) is 4.79 Å². The summed E-state index contributed by atoms with van der Waals surface area (Å²) >= 11 is 0. The lowest BCUT2D eigenvalue weighted by molar-refractivity contribution is -0.121. The fourth-order valence-corrected chi connectivity index (χ4v) is 2.76. The monoisotopic (exact) mass is 236 g/mol. The number of hydrogen-bond acceptors (Lipinski definition) is 2. The van der Waals surface area contributed by atoms with Gasteiger partial charge in [0.25, 0.3) is 0 Å². The van der Waals surface area contributed by atoms with E-state index in [9.17, 15) is 4.79 Å². The zero-order chi connectivity index (χ0) is 11.9. The smallest absolute Gasteiger partial charge is 0.220 e. The van der Waals surface area contributed by atoms with Gasteiger partial charge < -0.3 is 10.6 Å². The van der Waals surface area contributed by atoms with Crippen molar-refractivity contribution in [2.24, 2.45) is 11.8 Å². The molecule has 2 atom stereocenters. The molecule has 1 fully saturated rings. The van der Waals surface area contributed by atoms with Crippen molar-refractivity contribution >= 4 is 5.91 Å². The maximum Gasteiger partial charge on any atom is 0.220 e. The van der Waals surface area contributed by atoms with Gasteiger partial charge in [0.05, 0.1) is 0 Å². The number of amides is 1. The maximum atomic E-state index is 11.7. The highest BCUT2D eigenvalue weighted by Gasteiger charge is 2.15. The summed E-state index contributed by atoms with van der Waals surface area (Å²) in [7, 11) is 0. The minimum absolute atomic E-state index is 0.227. The van der Waals surface area contributed by atoms with Crippen LogP contribution in [-0.4, -0.2) is 25.5 Å². The van der Waals surface area contributed by atoms with Gasteiger partial charge in [0.1, 0.15) is 0 Å². The molecule has 2 N–H and O–H groups in total. The van der Waals surface area contributed by atoms with E-state index >= 15 is 0 Å². The van der Waals surface area contributed by atoms with Crippen LogP contribution < -0.4 is 10.6 Å². The average Bonchev–Trinajstić information content (AvgIpc) is 2.83. The first-order valence-corrected chi connectivity index (χ1v) is 6.98. The van der Waals surface area contributed by atoms with Gasteiger partial charge in [0.15, 0.2) is 0 Å². The molecule has 0 radical (unpaired) electrons. The minimum Gasteiger partial charge on any atom is -0.356 e. The molecular formula is C14H24N2O. The molecular weight excluding hydrogens is 212 g/mol. The van der Waals surface area contributed by atoms with Crippen LogP contribution in [0.4, 0.5) is 0 Å². The summed E-state index contributed by atoms with van der Waals surface area (Å²) in [6.07, 6.45) is 11.1. The molecule has 96 valence electrons. The van der Waals surface area contributed by atoms with E-state index in [4.69, 9.17) is 0 Å². The second-order valence-electron chi connectivity index (χ2n) is 5.32. The molecule has 17 heavy (non-hydrogen) atoms. The number of piperidine rings is 1. The number of rotatable bonds is 5. The number of allylic oxidation sites excluding steroid dienone is 2. The van der Waals surface area contributed by atoms with Crippen LogP contribution in [0.2, 0.25) is 0 Å². The summed E-state index contributed by atoms with van der Waals surface area (Å²) in [6, 6.07) is 0. The highest BCUT2D eigenvalue weighted by Crippen LogP contribution is 2.20. The molecule has 0 aromatic carbocycles. The summed E-state index contributed by atoms with van der Waals surface area (Å²) in [5.74, 6) is 1.48. The molecule has 0 aromatic heterocycles. The van der Waals surface area contributed by atoms with Gasteiger partial charge in [-0.2, -0.15) is 0 Å². The van der Waals surface area contributed by atoms with Crippen molar-refractivity contribution in [3.63, 3.8) is 0 Å². The van der Waals surface area contributed by atoms with Gasteiger partial charge in [-0.15, -0.1) is 0 Å². The normalized spacial score (nSPS) is 28.2. The molecule has 1 saturated heterocycles. The van der Waals surface area contributed by atoms with E-state index in [1.54, 1.807) is 0 Å².